The van der Waals surface area contributed by atoms with Gasteiger partial charge in [0.05, 0.1) is 12.2 Å². The van der Waals surface area contributed by atoms with E-state index in [-0.39, 0.29) is 0 Å². The van der Waals surface area contributed by atoms with Gasteiger partial charge in [0, 0.05) is 5.02 Å². The van der Waals surface area contributed by atoms with Crippen LogP contribution in [0.5, 0.6) is 5.75 Å². The zero-order valence-corrected chi connectivity index (χ0v) is 9.77. The topological polar surface area (TPSA) is 35.2 Å². The van der Waals surface area contributed by atoms with Gasteiger partial charge < -0.3 is 10.5 Å². The van der Waals surface area contributed by atoms with E-state index in [0.29, 0.717) is 15.9 Å². The molecule has 0 saturated heterocycles. The molecule has 1 saturated carbocycles. The van der Waals surface area contributed by atoms with Crippen molar-refractivity contribution in [2.75, 3.05) is 6.61 Å². The van der Waals surface area contributed by atoms with Crippen LogP contribution in [0, 0.1) is 5.92 Å². The third kappa shape index (κ3) is 2.83. The van der Waals surface area contributed by atoms with E-state index in [1.54, 1.807) is 12.1 Å². The Morgan fingerprint density at radius 3 is 2.87 bits per heavy atom. The molecule has 2 nitrogen and oxygen atoms in total. The third-order valence-electron chi connectivity index (χ3n) is 2.38. The molecule has 0 heterocycles. The van der Waals surface area contributed by atoms with Crippen molar-refractivity contribution in [3.05, 3.63) is 28.8 Å². The Labute approximate surface area is 99.4 Å². The van der Waals surface area contributed by atoms with Gasteiger partial charge in [0.25, 0.3) is 0 Å². The zero-order valence-electron chi connectivity index (χ0n) is 8.20. The monoisotopic (exact) mass is 241 g/mol. The van der Waals surface area contributed by atoms with Gasteiger partial charge in [0.1, 0.15) is 10.7 Å². The van der Waals surface area contributed by atoms with Crippen LogP contribution in [0.25, 0.3) is 0 Å². The summed E-state index contributed by atoms with van der Waals surface area (Å²) in [4.78, 5) is 0.322. The summed E-state index contributed by atoms with van der Waals surface area (Å²) in [5.41, 5.74) is 6.32. The zero-order chi connectivity index (χ0) is 10.8. The molecule has 0 aliphatic heterocycles. The minimum absolute atomic E-state index is 0.322. The molecule has 1 aliphatic carbocycles. The van der Waals surface area contributed by atoms with Gasteiger partial charge in [-0.25, -0.2) is 0 Å². The quantitative estimate of drug-likeness (QED) is 0.824. The highest BCUT2D eigenvalue weighted by molar-refractivity contribution is 7.80. The summed E-state index contributed by atoms with van der Waals surface area (Å²) in [5.74, 6) is 1.44. The third-order valence-corrected chi connectivity index (χ3v) is 2.83. The van der Waals surface area contributed by atoms with Gasteiger partial charge in [0.15, 0.2) is 0 Å². The van der Waals surface area contributed by atoms with Crippen LogP contribution in [-0.2, 0) is 0 Å². The molecule has 0 spiro atoms. The minimum Gasteiger partial charge on any atom is -0.493 e. The molecule has 0 bridgehead atoms. The van der Waals surface area contributed by atoms with E-state index in [9.17, 15) is 0 Å². The molecule has 0 amide bonds. The van der Waals surface area contributed by atoms with E-state index in [1.807, 2.05) is 6.07 Å². The summed E-state index contributed by atoms with van der Waals surface area (Å²) in [5, 5.41) is 0.622. The van der Waals surface area contributed by atoms with E-state index in [0.717, 1.165) is 17.9 Å². The van der Waals surface area contributed by atoms with Crippen molar-refractivity contribution in [1.82, 2.24) is 0 Å². The maximum atomic E-state index is 5.87. The Bertz CT molecular complexity index is 390. The lowest BCUT2D eigenvalue weighted by molar-refractivity contribution is 0.299. The Balaban J connectivity index is 2.15. The second-order valence-corrected chi connectivity index (χ2v) is 4.64. The van der Waals surface area contributed by atoms with Crippen LogP contribution in [0.3, 0.4) is 0 Å². The van der Waals surface area contributed by atoms with Gasteiger partial charge in [-0.1, -0.05) is 23.8 Å². The average Bonchev–Trinajstić information content (AvgIpc) is 2.99. The van der Waals surface area contributed by atoms with Crippen LogP contribution in [0.2, 0.25) is 5.02 Å². The van der Waals surface area contributed by atoms with Crippen molar-refractivity contribution >= 4 is 28.8 Å². The molecule has 15 heavy (non-hydrogen) atoms. The number of benzene rings is 1. The molecular weight excluding hydrogens is 230 g/mol. The van der Waals surface area contributed by atoms with Crippen LogP contribution >= 0.6 is 23.8 Å². The van der Waals surface area contributed by atoms with E-state index in [2.05, 4.69) is 0 Å². The second kappa shape index (κ2) is 4.37. The first-order valence-corrected chi connectivity index (χ1v) is 5.67. The first kappa shape index (κ1) is 10.7. The van der Waals surface area contributed by atoms with Gasteiger partial charge in [-0.05, 0) is 37.0 Å². The van der Waals surface area contributed by atoms with Gasteiger partial charge in [-0.2, -0.15) is 0 Å². The predicted octanol–water partition coefficient (Wildman–Crippen LogP) is 2.76. The summed E-state index contributed by atoms with van der Waals surface area (Å²) in [6, 6.07) is 5.34. The molecule has 1 fully saturated rings. The maximum Gasteiger partial charge on any atom is 0.129 e. The SMILES string of the molecule is NC(=S)c1cc(Cl)ccc1OCC1CC1. The summed E-state index contributed by atoms with van der Waals surface area (Å²) in [6.45, 7) is 0.747. The fourth-order valence-electron chi connectivity index (χ4n) is 1.31. The summed E-state index contributed by atoms with van der Waals surface area (Å²) in [6.07, 6.45) is 2.52. The van der Waals surface area contributed by atoms with Crippen LogP contribution < -0.4 is 10.5 Å². The van der Waals surface area contributed by atoms with Gasteiger partial charge in [-0.15, -0.1) is 0 Å². The maximum absolute atomic E-state index is 5.87. The molecule has 1 aromatic rings. The van der Waals surface area contributed by atoms with Crippen molar-refractivity contribution < 1.29 is 4.74 Å². The molecule has 0 aromatic heterocycles. The molecule has 80 valence electrons. The van der Waals surface area contributed by atoms with Crippen LogP contribution in [0.1, 0.15) is 18.4 Å². The number of rotatable bonds is 4. The second-order valence-electron chi connectivity index (χ2n) is 3.76. The first-order valence-electron chi connectivity index (χ1n) is 4.89. The number of hydrogen-bond donors (Lipinski definition) is 1. The highest BCUT2D eigenvalue weighted by Gasteiger charge is 2.22. The van der Waals surface area contributed by atoms with E-state index in [4.69, 9.17) is 34.3 Å². The average molecular weight is 242 g/mol. The fraction of sp³-hybridized carbons (Fsp3) is 0.364. The molecule has 1 aromatic carbocycles. The molecule has 0 radical (unpaired) electrons. The molecule has 2 N–H and O–H groups in total. The van der Waals surface area contributed by atoms with Gasteiger partial charge in [-0.3, -0.25) is 0 Å². The summed E-state index contributed by atoms with van der Waals surface area (Å²) >= 11 is 10.8. The lowest BCUT2D eigenvalue weighted by atomic mass is 10.2. The predicted molar refractivity (Wildman–Crippen MR) is 65.6 cm³/mol. The highest BCUT2D eigenvalue weighted by atomic mass is 35.5. The number of ether oxygens (including phenoxy) is 1. The number of hydrogen-bond acceptors (Lipinski definition) is 2. The normalized spacial score (nSPS) is 15.0. The molecule has 0 atom stereocenters. The van der Waals surface area contributed by atoms with Crippen molar-refractivity contribution in [1.29, 1.82) is 0 Å². The Morgan fingerprint density at radius 2 is 2.27 bits per heavy atom. The van der Waals surface area contributed by atoms with E-state index in [1.165, 1.54) is 12.8 Å². The first-order chi connectivity index (χ1) is 7.16. The Morgan fingerprint density at radius 1 is 1.53 bits per heavy atom. The van der Waals surface area contributed by atoms with Crippen molar-refractivity contribution in [3.63, 3.8) is 0 Å². The number of halogens is 1. The smallest absolute Gasteiger partial charge is 0.129 e. The van der Waals surface area contributed by atoms with Crippen LogP contribution in [0.15, 0.2) is 18.2 Å². The molecule has 4 heteroatoms. The van der Waals surface area contributed by atoms with E-state index >= 15 is 0 Å². The van der Waals surface area contributed by atoms with Crippen molar-refractivity contribution in [2.24, 2.45) is 11.7 Å². The highest BCUT2D eigenvalue weighted by Crippen LogP contribution is 2.31. The molecule has 1 aliphatic rings. The number of thiocarbonyl (C=S) groups is 1. The molecule has 2 rings (SSSR count). The molecular formula is C11H12ClNOS. The van der Waals surface area contributed by atoms with Crippen LogP contribution in [-0.4, -0.2) is 11.6 Å². The van der Waals surface area contributed by atoms with Crippen LogP contribution in [0.4, 0.5) is 0 Å². The summed E-state index contributed by atoms with van der Waals surface area (Å²) in [7, 11) is 0. The van der Waals surface area contributed by atoms with E-state index < -0.39 is 0 Å². The lowest BCUT2D eigenvalue weighted by Crippen LogP contribution is -2.12. The van der Waals surface area contributed by atoms with Crippen molar-refractivity contribution in [2.45, 2.75) is 12.8 Å². The fourth-order valence-corrected chi connectivity index (χ4v) is 1.64. The lowest BCUT2D eigenvalue weighted by Gasteiger charge is -2.10. The van der Waals surface area contributed by atoms with Gasteiger partial charge in [0.2, 0.25) is 0 Å². The largest absolute Gasteiger partial charge is 0.493 e. The Hall–Kier alpha value is -0.800. The number of nitrogens with two attached hydrogens (primary N) is 1. The van der Waals surface area contributed by atoms with Crippen molar-refractivity contribution in [3.8, 4) is 5.75 Å². The molecule has 0 unspecified atom stereocenters. The van der Waals surface area contributed by atoms with Gasteiger partial charge >= 0.3 is 0 Å². The Kier molecular flexibility index (Phi) is 3.12. The summed E-state index contributed by atoms with van der Waals surface area (Å²) < 4.78 is 5.65. The standard InChI is InChI=1S/C11H12ClNOS/c12-8-3-4-10(9(5-8)11(13)15)14-6-7-1-2-7/h3-5,7H,1-2,6H2,(H2,13,15). The minimum atomic E-state index is 0.322.